The number of carbonyl (C=O) groups is 1. The molecule has 0 saturated heterocycles. The second kappa shape index (κ2) is 4.86. The van der Waals surface area contributed by atoms with Gasteiger partial charge in [0.25, 0.3) is 0 Å². The molecular formula is C15H12ClN3O2. The molecule has 3 aromatic rings. The number of rotatable bonds is 2. The van der Waals surface area contributed by atoms with E-state index < -0.39 is 5.97 Å². The van der Waals surface area contributed by atoms with E-state index in [1.807, 2.05) is 31.2 Å². The monoisotopic (exact) mass is 301 g/mol. The van der Waals surface area contributed by atoms with Crippen LogP contribution in [0.3, 0.4) is 0 Å². The smallest absolute Gasteiger partial charge is 0.338 e. The third kappa shape index (κ3) is 2.15. The van der Waals surface area contributed by atoms with Crippen LogP contribution in [-0.2, 0) is 0 Å². The number of halogens is 1. The standard InChI is InChI=1S/C15H12ClN3O2/c1-8-3-5-10(6-4-8)19-14-12(9(2)18-19)13(16)11(7-17-14)15(20)21/h3-7H,1-2H3,(H,20,21). The van der Waals surface area contributed by atoms with Crippen molar-refractivity contribution in [3.8, 4) is 5.69 Å². The van der Waals surface area contributed by atoms with E-state index in [-0.39, 0.29) is 10.6 Å². The number of nitrogens with zero attached hydrogens (tertiary/aromatic N) is 3. The van der Waals surface area contributed by atoms with Crippen molar-refractivity contribution < 1.29 is 9.90 Å². The average molecular weight is 302 g/mol. The van der Waals surface area contributed by atoms with E-state index in [4.69, 9.17) is 16.7 Å². The summed E-state index contributed by atoms with van der Waals surface area (Å²) in [7, 11) is 0. The molecule has 2 heterocycles. The minimum absolute atomic E-state index is 0.0178. The Morgan fingerprint density at radius 2 is 1.90 bits per heavy atom. The molecular weight excluding hydrogens is 290 g/mol. The molecule has 0 unspecified atom stereocenters. The van der Waals surface area contributed by atoms with Crippen molar-refractivity contribution in [2.45, 2.75) is 13.8 Å². The molecule has 3 rings (SSSR count). The Morgan fingerprint density at radius 1 is 1.24 bits per heavy atom. The fraction of sp³-hybridized carbons (Fsp3) is 0.133. The molecule has 2 aromatic heterocycles. The fourth-order valence-electron chi connectivity index (χ4n) is 2.22. The van der Waals surface area contributed by atoms with Crippen LogP contribution >= 0.6 is 11.6 Å². The molecule has 21 heavy (non-hydrogen) atoms. The molecule has 1 N–H and O–H groups in total. The first-order valence-corrected chi connectivity index (χ1v) is 6.71. The predicted octanol–water partition coefficient (Wildman–Crippen LogP) is 3.39. The maximum atomic E-state index is 11.1. The number of hydrogen-bond acceptors (Lipinski definition) is 3. The summed E-state index contributed by atoms with van der Waals surface area (Å²) in [5.74, 6) is -1.10. The van der Waals surface area contributed by atoms with Gasteiger partial charge in [-0.25, -0.2) is 14.5 Å². The Hall–Kier alpha value is -2.40. The number of aromatic nitrogens is 3. The molecule has 0 spiro atoms. The van der Waals surface area contributed by atoms with E-state index in [1.165, 1.54) is 6.20 Å². The molecule has 0 saturated carbocycles. The number of fused-ring (bicyclic) bond motifs is 1. The van der Waals surface area contributed by atoms with Crippen molar-refractivity contribution in [1.82, 2.24) is 14.8 Å². The van der Waals surface area contributed by atoms with Gasteiger partial charge in [0.15, 0.2) is 5.65 Å². The van der Waals surface area contributed by atoms with E-state index >= 15 is 0 Å². The molecule has 6 heteroatoms. The lowest BCUT2D eigenvalue weighted by Crippen LogP contribution is -2.01. The van der Waals surface area contributed by atoms with E-state index in [9.17, 15) is 4.79 Å². The van der Waals surface area contributed by atoms with Crippen LogP contribution in [0.2, 0.25) is 5.02 Å². The Labute approximate surface area is 125 Å². The van der Waals surface area contributed by atoms with Crippen LogP contribution < -0.4 is 0 Å². The number of aryl methyl sites for hydroxylation is 2. The normalized spacial score (nSPS) is 11.0. The number of pyridine rings is 1. The Morgan fingerprint density at radius 3 is 2.52 bits per heavy atom. The molecule has 0 radical (unpaired) electrons. The zero-order chi connectivity index (χ0) is 15.1. The van der Waals surface area contributed by atoms with Gasteiger partial charge < -0.3 is 5.11 Å². The second-order valence-corrected chi connectivity index (χ2v) is 5.20. The van der Waals surface area contributed by atoms with Gasteiger partial charge in [-0.1, -0.05) is 29.3 Å². The second-order valence-electron chi connectivity index (χ2n) is 4.82. The predicted molar refractivity (Wildman–Crippen MR) is 80.3 cm³/mol. The van der Waals surface area contributed by atoms with Gasteiger partial charge in [0.05, 0.1) is 27.4 Å². The summed E-state index contributed by atoms with van der Waals surface area (Å²) in [6.07, 6.45) is 1.26. The van der Waals surface area contributed by atoms with Crippen LogP contribution in [0.25, 0.3) is 16.7 Å². The largest absolute Gasteiger partial charge is 0.478 e. The van der Waals surface area contributed by atoms with E-state index in [0.717, 1.165) is 11.3 Å². The Balaban J connectivity index is 2.30. The van der Waals surface area contributed by atoms with Crippen molar-refractivity contribution in [2.75, 3.05) is 0 Å². The van der Waals surface area contributed by atoms with Gasteiger partial charge in [0, 0.05) is 6.20 Å². The third-order valence-electron chi connectivity index (χ3n) is 3.32. The molecule has 0 aliphatic carbocycles. The fourth-order valence-corrected chi connectivity index (χ4v) is 2.57. The molecule has 0 atom stereocenters. The van der Waals surface area contributed by atoms with Gasteiger partial charge in [-0.05, 0) is 26.0 Å². The maximum Gasteiger partial charge on any atom is 0.338 e. The van der Waals surface area contributed by atoms with Crippen LogP contribution in [0.4, 0.5) is 0 Å². The van der Waals surface area contributed by atoms with E-state index in [1.54, 1.807) is 11.6 Å². The highest BCUT2D eigenvalue weighted by Gasteiger charge is 2.19. The number of carboxylic acids is 1. The molecule has 0 aliphatic rings. The first-order valence-electron chi connectivity index (χ1n) is 6.33. The van der Waals surface area contributed by atoms with Crippen molar-refractivity contribution in [1.29, 1.82) is 0 Å². The number of carboxylic acid groups (broad SMARTS) is 1. The molecule has 1 aromatic carbocycles. The van der Waals surface area contributed by atoms with Crippen LogP contribution in [-0.4, -0.2) is 25.8 Å². The van der Waals surface area contributed by atoms with Gasteiger partial charge in [-0.2, -0.15) is 5.10 Å². The minimum atomic E-state index is -1.10. The zero-order valence-electron chi connectivity index (χ0n) is 11.5. The summed E-state index contributed by atoms with van der Waals surface area (Å²) in [5.41, 5.74) is 3.17. The summed E-state index contributed by atoms with van der Waals surface area (Å²) < 4.78 is 1.67. The highest BCUT2D eigenvalue weighted by atomic mass is 35.5. The van der Waals surface area contributed by atoms with Gasteiger partial charge in [0.1, 0.15) is 0 Å². The highest BCUT2D eigenvalue weighted by Crippen LogP contribution is 2.29. The Kier molecular flexibility index (Phi) is 3.14. The lowest BCUT2D eigenvalue weighted by molar-refractivity contribution is 0.0697. The quantitative estimate of drug-likeness (QED) is 0.788. The molecule has 5 nitrogen and oxygen atoms in total. The first-order chi connectivity index (χ1) is 9.99. The van der Waals surface area contributed by atoms with Gasteiger partial charge in [0.2, 0.25) is 0 Å². The van der Waals surface area contributed by atoms with Crippen LogP contribution in [0.15, 0.2) is 30.5 Å². The van der Waals surface area contributed by atoms with Crippen molar-refractivity contribution >= 4 is 28.6 Å². The highest BCUT2D eigenvalue weighted by molar-refractivity contribution is 6.38. The molecule has 0 bridgehead atoms. The molecule has 0 amide bonds. The lowest BCUT2D eigenvalue weighted by atomic mass is 10.2. The molecule has 106 valence electrons. The zero-order valence-corrected chi connectivity index (χ0v) is 12.2. The minimum Gasteiger partial charge on any atom is -0.478 e. The number of benzene rings is 1. The van der Waals surface area contributed by atoms with Crippen molar-refractivity contribution in [3.63, 3.8) is 0 Å². The molecule has 0 fully saturated rings. The number of aromatic carboxylic acids is 1. The van der Waals surface area contributed by atoms with Crippen molar-refractivity contribution in [3.05, 3.63) is 52.3 Å². The van der Waals surface area contributed by atoms with Crippen LogP contribution in [0.5, 0.6) is 0 Å². The third-order valence-corrected chi connectivity index (χ3v) is 3.71. The van der Waals surface area contributed by atoms with Crippen LogP contribution in [0, 0.1) is 13.8 Å². The summed E-state index contributed by atoms with van der Waals surface area (Å²) >= 11 is 6.19. The van der Waals surface area contributed by atoms with Crippen molar-refractivity contribution in [2.24, 2.45) is 0 Å². The topological polar surface area (TPSA) is 68.0 Å². The maximum absolute atomic E-state index is 11.1. The van der Waals surface area contributed by atoms with Gasteiger partial charge in [-0.3, -0.25) is 0 Å². The number of hydrogen-bond donors (Lipinski definition) is 1. The van der Waals surface area contributed by atoms with Gasteiger partial charge >= 0.3 is 5.97 Å². The van der Waals surface area contributed by atoms with E-state index in [0.29, 0.717) is 16.7 Å². The average Bonchev–Trinajstić information content (AvgIpc) is 2.78. The SMILES string of the molecule is Cc1ccc(-n2nc(C)c3c(Cl)c(C(=O)O)cnc32)cc1. The summed E-state index contributed by atoms with van der Waals surface area (Å²) in [6.45, 7) is 3.79. The lowest BCUT2D eigenvalue weighted by Gasteiger charge is -2.04. The van der Waals surface area contributed by atoms with Gasteiger partial charge in [-0.15, -0.1) is 0 Å². The van der Waals surface area contributed by atoms with Crippen LogP contribution in [0.1, 0.15) is 21.6 Å². The summed E-state index contributed by atoms with van der Waals surface area (Å²) in [4.78, 5) is 15.4. The van der Waals surface area contributed by atoms with E-state index in [2.05, 4.69) is 10.1 Å². The first kappa shape index (κ1) is 13.6. The summed E-state index contributed by atoms with van der Waals surface area (Å²) in [6, 6.07) is 7.82. The Bertz CT molecular complexity index is 853. The molecule has 0 aliphatic heterocycles. The summed E-state index contributed by atoms with van der Waals surface area (Å²) in [5, 5.41) is 14.3.